The van der Waals surface area contributed by atoms with Crippen LogP contribution in [0.1, 0.15) is 103 Å². The van der Waals surface area contributed by atoms with Crippen LogP contribution >= 0.6 is 23.5 Å². The summed E-state index contributed by atoms with van der Waals surface area (Å²) in [5.41, 5.74) is 17.1. The number of hydrogen-bond acceptors (Lipinski definition) is 24. The van der Waals surface area contributed by atoms with Gasteiger partial charge in [-0.1, -0.05) is 50.1 Å². The molecule has 4 heterocycles. The lowest BCUT2D eigenvalue weighted by Crippen LogP contribution is -2.62. The number of benzene rings is 1. The number of nitrogens with two attached hydrogens (primary N) is 3. The van der Waals surface area contributed by atoms with Gasteiger partial charge in [0.25, 0.3) is 11.8 Å². The standard InChI is InChI=1S/C68H104N16O19S2/c1-4-6-8-19-53(87)76-49-41-105-57-56(67(99)84(68(57)100)29-14-31-102-33-35-103-34-32-101-30-13-23-75-59(91)44(38-73-24-22-69)39-74-26-25-72-5-2)104-40-48(62(94)78-46(58(71)90)37-54(88)89)80-61(93)47(36-43-15-9-7-10-16-43)79-60(92)45(20-21-52(70)86)77-64(96)55(42(3)85)81-63(95)50-17-11-27-82(50)66(98)51-18-12-28-83(51)65(49)97/h7,9-10,15-16,42,44-51,55,73-74,85H,2,4,6,8,11-14,17-41,69H2,1,3H3,(H2,70,86)(H2,71,90)(H,75,91)(H,76,87)(H,77,96)(H,78,94)(H,79,92)(H,80,93)(H,81,95)(H,88,89)/t42-,44?,45+,46+,47+,48+,49+,50+,51+,55+/m1/s1. The van der Waals surface area contributed by atoms with Gasteiger partial charge in [0.2, 0.25) is 65.0 Å². The Kier molecular flexibility index (Phi) is 39.2. The van der Waals surface area contributed by atoms with Crippen LogP contribution in [0.15, 0.2) is 51.7 Å². The summed E-state index contributed by atoms with van der Waals surface area (Å²) in [4.78, 5) is 203. The van der Waals surface area contributed by atoms with Crippen molar-refractivity contribution >= 4 is 112 Å². The lowest BCUT2D eigenvalue weighted by molar-refractivity contribution is -0.148. The number of nitrogens with zero attached hydrogens (tertiary/aromatic N) is 4. The van der Waals surface area contributed by atoms with E-state index in [0.717, 1.165) is 23.1 Å². The molecule has 2 saturated heterocycles. The molecule has 0 bridgehead atoms. The number of aliphatic hydroxyl groups is 1. The van der Waals surface area contributed by atoms with Crippen LogP contribution in [0.4, 0.5) is 0 Å². The Morgan fingerprint density at radius 2 is 1.33 bits per heavy atom. The third-order valence-electron chi connectivity index (χ3n) is 17.3. The average Bonchev–Trinajstić information content (AvgIpc) is 1.66. The third kappa shape index (κ3) is 29.5. The SMILES string of the molecule is C=C=NCCNCC(CNCCN)C(=O)NCCCOCCOCCOCCCN1C(=O)C2=C(SC[C@H](NC(=O)CCCCC)C(=O)N3CCC[C@H]3C(=O)N3CCC[C@H]3C(=O)N[C@@H]([C@@H](C)O)C(=O)N[C@@H](CCC(N)=O)C(=O)N[C@@H](Cc3ccccc3)C(=O)N[C@H](C(=O)N[C@@H](CC(=O)O)C(N)=O)CS2)C1=O. The monoisotopic (exact) mass is 1510 g/mol. The Morgan fingerprint density at radius 1 is 0.724 bits per heavy atom. The number of aliphatic hydroxyl groups excluding tert-OH is 1. The van der Waals surface area contributed by atoms with Crippen LogP contribution in [-0.2, 0) is 87.8 Å². The van der Waals surface area contributed by atoms with E-state index in [2.05, 4.69) is 65.3 Å². The Bertz CT molecular complexity index is 3220. The molecule has 0 radical (unpaired) electrons. The molecule has 4 aliphatic rings. The number of nitrogens with one attached hydrogen (secondary N) is 9. The molecule has 5 rings (SSSR count). The minimum Gasteiger partial charge on any atom is -0.481 e. The first-order chi connectivity index (χ1) is 50.4. The van der Waals surface area contributed by atoms with E-state index in [1.54, 1.807) is 30.3 Å². The number of aliphatic carboxylic acids is 1. The fraction of sp³-hybridized carbons (Fsp3) is 0.647. The first-order valence-corrected chi connectivity index (χ1v) is 37.5. The second-order valence-electron chi connectivity index (χ2n) is 25.4. The first-order valence-electron chi connectivity index (χ1n) is 35.5. The minimum atomic E-state index is -1.88. The summed E-state index contributed by atoms with van der Waals surface area (Å²) in [7, 11) is 0. The van der Waals surface area contributed by atoms with Gasteiger partial charge < -0.3 is 99.3 Å². The van der Waals surface area contributed by atoms with Crippen LogP contribution in [0.3, 0.4) is 0 Å². The summed E-state index contributed by atoms with van der Waals surface area (Å²) >= 11 is 1.30. The van der Waals surface area contributed by atoms with Crippen molar-refractivity contribution in [1.82, 2.24) is 62.6 Å². The zero-order chi connectivity index (χ0) is 76.8. The molecular weight excluding hydrogens is 1410 g/mol. The molecule has 582 valence electrons. The molecule has 0 aliphatic carbocycles. The van der Waals surface area contributed by atoms with Gasteiger partial charge in [0.1, 0.15) is 48.3 Å². The molecular formula is C68H104N16O19S2. The van der Waals surface area contributed by atoms with Crippen molar-refractivity contribution < 1.29 is 91.5 Å². The molecule has 1 aromatic rings. The quantitative estimate of drug-likeness (QED) is 0.0169. The topological polar surface area (TPSA) is 516 Å². The number of ether oxygens (including phenoxy) is 3. The predicted octanol–water partition coefficient (Wildman–Crippen LogP) is -4.08. The minimum absolute atomic E-state index is 0.00606. The van der Waals surface area contributed by atoms with E-state index in [0.29, 0.717) is 102 Å². The van der Waals surface area contributed by atoms with Gasteiger partial charge in [-0.05, 0) is 76.3 Å². The fourth-order valence-electron chi connectivity index (χ4n) is 11.7. The number of hydrogen-bond donors (Lipinski definition) is 14. The third-order valence-corrected chi connectivity index (χ3v) is 19.8. The number of fused-ring (bicyclic) bond motifs is 2. The summed E-state index contributed by atoms with van der Waals surface area (Å²) in [6.07, 6.45) is -0.649. The Labute approximate surface area is 618 Å². The molecule has 0 aromatic heterocycles. The van der Waals surface area contributed by atoms with E-state index >= 15 is 4.79 Å². The molecule has 35 nitrogen and oxygen atoms in total. The van der Waals surface area contributed by atoms with Crippen molar-refractivity contribution in [1.29, 1.82) is 0 Å². The number of imide groups is 1. The maximum Gasteiger partial charge on any atom is 0.305 e. The van der Waals surface area contributed by atoms with Crippen LogP contribution in [0, 0.1) is 5.92 Å². The number of aliphatic imine (C=N–C) groups is 1. The van der Waals surface area contributed by atoms with Gasteiger partial charge in [0.05, 0.1) is 61.2 Å². The van der Waals surface area contributed by atoms with Gasteiger partial charge in [-0.25, -0.2) is 4.99 Å². The summed E-state index contributed by atoms with van der Waals surface area (Å²) in [6, 6.07) is -4.71. The highest BCUT2D eigenvalue weighted by molar-refractivity contribution is 8.08. The highest BCUT2D eigenvalue weighted by atomic mass is 32.2. The van der Waals surface area contributed by atoms with Crippen molar-refractivity contribution in [3.8, 4) is 0 Å². The summed E-state index contributed by atoms with van der Waals surface area (Å²) in [5, 5.41) is 45.1. The van der Waals surface area contributed by atoms with E-state index in [1.165, 1.54) is 16.7 Å². The van der Waals surface area contributed by atoms with Gasteiger partial charge in [0, 0.05) is 103 Å². The highest BCUT2D eigenvalue weighted by Crippen LogP contribution is 2.38. The van der Waals surface area contributed by atoms with Gasteiger partial charge >= 0.3 is 5.97 Å². The number of carbonyl (C=O) groups is 14. The summed E-state index contributed by atoms with van der Waals surface area (Å²) in [5.74, 6) is -11.9. The molecule has 17 N–H and O–H groups in total. The number of primary amides is 2. The Morgan fingerprint density at radius 3 is 1.95 bits per heavy atom. The number of amides is 13. The summed E-state index contributed by atoms with van der Waals surface area (Å²) < 4.78 is 17.1. The lowest BCUT2D eigenvalue weighted by atomic mass is 10.0. The molecule has 105 heavy (non-hydrogen) atoms. The van der Waals surface area contributed by atoms with Gasteiger partial charge in [0.15, 0.2) is 0 Å². The normalized spacial score (nSPS) is 21.8. The molecule has 0 saturated carbocycles. The Balaban J connectivity index is 1.43. The van der Waals surface area contributed by atoms with Gasteiger partial charge in [-0.3, -0.25) is 72.0 Å². The Hall–Kier alpha value is -8.39. The number of carbonyl (C=O) groups excluding carboxylic acids is 13. The van der Waals surface area contributed by atoms with Crippen molar-refractivity contribution in [2.24, 2.45) is 28.1 Å². The van der Waals surface area contributed by atoms with Crippen LogP contribution in [0.5, 0.6) is 0 Å². The number of unbranched alkanes of at least 4 members (excludes halogenated alkanes) is 2. The number of rotatable bonds is 40. The molecule has 1 unspecified atom stereocenters. The number of carboxylic acid groups (broad SMARTS) is 1. The molecule has 0 spiro atoms. The zero-order valence-electron chi connectivity index (χ0n) is 59.7. The number of thioether (sulfide) groups is 2. The second-order valence-corrected chi connectivity index (χ2v) is 27.5. The van der Waals surface area contributed by atoms with Crippen molar-refractivity contribution in [2.75, 3.05) is 117 Å². The molecule has 2 fully saturated rings. The zero-order valence-corrected chi connectivity index (χ0v) is 61.3. The van der Waals surface area contributed by atoms with Crippen LogP contribution in [0.2, 0.25) is 0 Å². The van der Waals surface area contributed by atoms with E-state index in [1.807, 2.05) is 6.92 Å². The largest absolute Gasteiger partial charge is 0.481 e. The highest BCUT2D eigenvalue weighted by Gasteiger charge is 2.46. The molecule has 37 heteroatoms. The maximum atomic E-state index is 15.1. The van der Waals surface area contributed by atoms with Crippen LogP contribution in [-0.4, -0.2) is 285 Å². The fourth-order valence-corrected chi connectivity index (χ4v) is 14.1. The van der Waals surface area contributed by atoms with Crippen LogP contribution < -0.4 is 65.1 Å². The summed E-state index contributed by atoms with van der Waals surface area (Å²) in [6.45, 7) is 10.8. The first kappa shape index (κ1) is 87.2. The smallest absolute Gasteiger partial charge is 0.305 e. The van der Waals surface area contributed by atoms with Gasteiger partial charge in [-0.2, -0.15) is 0 Å². The van der Waals surface area contributed by atoms with Gasteiger partial charge in [-0.15, -0.1) is 23.5 Å². The molecule has 1 aromatic carbocycles. The van der Waals surface area contributed by atoms with E-state index < -0.39 is 162 Å². The average molecular weight is 1510 g/mol. The molecule has 10 atom stereocenters. The molecule has 13 amide bonds. The van der Waals surface area contributed by atoms with E-state index in [-0.39, 0.29) is 106 Å². The van der Waals surface area contributed by atoms with Crippen molar-refractivity contribution in [2.45, 2.75) is 158 Å². The van der Waals surface area contributed by atoms with E-state index in [9.17, 15) is 72.5 Å². The lowest BCUT2D eigenvalue weighted by Gasteiger charge is -2.33. The number of carboxylic acids is 1. The van der Waals surface area contributed by atoms with E-state index in [4.69, 9.17) is 31.4 Å². The van der Waals surface area contributed by atoms with Crippen molar-refractivity contribution in [3.63, 3.8) is 0 Å². The predicted molar refractivity (Wildman–Crippen MR) is 386 cm³/mol. The molecule has 4 aliphatic heterocycles. The maximum absolute atomic E-state index is 15.1. The second kappa shape index (κ2) is 47.2. The van der Waals surface area contributed by atoms with Crippen molar-refractivity contribution in [3.05, 3.63) is 52.3 Å². The van der Waals surface area contributed by atoms with Crippen LogP contribution in [0.25, 0.3) is 0 Å².